The third-order valence-corrected chi connectivity index (χ3v) is 4.20. The molecule has 7 heteroatoms. The van der Waals surface area contributed by atoms with Gasteiger partial charge in [0.15, 0.2) is 0 Å². The molecule has 26 heavy (non-hydrogen) atoms. The van der Waals surface area contributed by atoms with Crippen molar-refractivity contribution in [3.8, 4) is 0 Å². The second-order valence-corrected chi connectivity index (χ2v) is 7.36. The number of aromatic nitrogens is 1. The van der Waals surface area contributed by atoms with E-state index in [-0.39, 0.29) is 23.3 Å². The summed E-state index contributed by atoms with van der Waals surface area (Å²) in [5, 5.41) is 1.28. The normalized spacial score (nSPS) is 15.2. The highest BCUT2D eigenvalue weighted by Gasteiger charge is 2.28. The summed E-state index contributed by atoms with van der Waals surface area (Å²) in [6.45, 7) is 7.05. The van der Waals surface area contributed by atoms with Gasteiger partial charge in [-0.15, -0.1) is 0 Å². The maximum atomic E-state index is 12.7. The lowest BCUT2D eigenvalue weighted by Crippen LogP contribution is -2.51. The second kappa shape index (κ2) is 6.82. The summed E-state index contributed by atoms with van der Waals surface area (Å²) in [4.78, 5) is 42.9. The number of amides is 2. The summed E-state index contributed by atoms with van der Waals surface area (Å²) < 4.78 is 5.36. The van der Waals surface area contributed by atoms with Crippen LogP contribution in [0.2, 0.25) is 0 Å². The summed E-state index contributed by atoms with van der Waals surface area (Å²) in [5.41, 5.74) is -0.563. The number of hydrogen-bond acceptors (Lipinski definition) is 4. The molecule has 0 atom stereocenters. The van der Waals surface area contributed by atoms with Gasteiger partial charge in [0.05, 0.1) is 0 Å². The Balaban J connectivity index is 1.69. The lowest BCUT2D eigenvalue weighted by Gasteiger charge is -2.35. The molecule has 1 aliphatic heterocycles. The van der Waals surface area contributed by atoms with Crippen molar-refractivity contribution in [2.45, 2.75) is 26.4 Å². The SMILES string of the molecule is CC(C)(C)OC(=O)N1CCN(C(=O)c2cc3ccccc3c(=O)[nH]2)CC1. The average Bonchev–Trinajstić information content (AvgIpc) is 2.60. The van der Waals surface area contributed by atoms with Crippen LogP contribution in [-0.4, -0.2) is 58.6 Å². The van der Waals surface area contributed by atoms with Gasteiger partial charge in [-0.25, -0.2) is 4.79 Å². The van der Waals surface area contributed by atoms with Crippen molar-refractivity contribution in [2.75, 3.05) is 26.2 Å². The number of fused-ring (bicyclic) bond motifs is 1. The molecule has 0 bridgehead atoms. The first-order chi connectivity index (χ1) is 12.2. The Morgan fingerprint density at radius 1 is 1.04 bits per heavy atom. The third kappa shape index (κ3) is 3.87. The van der Waals surface area contributed by atoms with Gasteiger partial charge in [-0.05, 0) is 38.3 Å². The van der Waals surface area contributed by atoms with E-state index in [2.05, 4.69) is 4.98 Å². The minimum absolute atomic E-state index is 0.239. The van der Waals surface area contributed by atoms with Crippen LogP contribution in [0.1, 0.15) is 31.3 Å². The van der Waals surface area contributed by atoms with Gasteiger partial charge >= 0.3 is 6.09 Å². The molecule has 0 unspecified atom stereocenters. The number of ether oxygens (including phenoxy) is 1. The fraction of sp³-hybridized carbons (Fsp3) is 0.421. The average molecular weight is 357 g/mol. The van der Waals surface area contributed by atoms with E-state index in [1.54, 1.807) is 28.0 Å². The zero-order chi connectivity index (χ0) is 18.9. The van der Waals surface area contributed by atoms with E-state index in [4.69, 9.17) is 4.74 Å². The van der Waals surface area contributed by atoms with Crippen LogP contribution in [0, 0.1) is 0 Å². The third-order valence-electron chi connectivity index (χ3n) is 4.20. The Hall–Kier alpha value is -2.83. The van der Waals surface area contributed by atoms with Crippen LogP contribution in [0.5, 0.6) is 0 Å². The van der Waals surface area contributed by atoms with Crippen molar-refractivity contribution >= 4 is 22.8 Å². The molecule has 0 spiro atoms. The highest BCUT2D eigenvalue weighted by molar-refractivity contribution is 5.96. The predicted molar refractivity (Wildman–Crippen MR) is 98.3 cm³/mol. The van der Waals surface area contributed by atoms with E-state index in [0.717, 1.165) is 5.39 Å². The molecule has 1 N–H and O–H groups in total. The monoisotopic (exact) mass is 357 g/mol. The largest absolute Gasteiger partial charge is 0.444 e. The molecule has 1 aromatic heterocycles. The van der Waals surface area contributed by atoms with Gasteiger partial charge in [-0.3, -0.25) is 9.59 Å². The molecule has 1 saturated heterocycles. The Labute approximate surface area is 151 Å². The van der Waals surface area contributed by atoms with Gasteiger partial charge in [0.1, 0.15) is 11.3 Å². The van der Waals surface area contributed by atoms with Crippen molar-refractivity contribution in [3.63, 3.8) is 0 Å². The van der Waals surface area contributed by atoms with E-state index in [9.17, 15) is 14.4 Å². The number of aromatic amines is 1. The minimum atomic E-state index is -0.547. The maximum Gasteiger partial charge on any atom is 0.410 e. The lowest BCUT2D eigenvalue weighted by molar-refractivity contribution is 0.0140. The van der Waals surface area contributed by atoms with E-state index in [1.807, 2.05) is 32.9 Å². The van der Waals surface area contributed by atoms with Crippen molar-refractivity contribution in [3.05, 3.63) is 46.4 Å². The number of piperazine rings is 1. The minimum Gasteiger partial charge on any atom is -0.444 e. The van der Waals surface area contributed by atoms with Crippen molar-refractivity contribution in [1.29, 1.82) is 0 Å². The van der Waals surface area contributed by atoms with Crippen LogP contribution in [-0.2, 0) is 4.74 Å². The number of benzene rings is 1. The van der Waals surface area contributed by atoms with Gasteiger partial charge in [0.2, 0.25) is 0 Å². The molecule has 2 heterocycles. The van der Waals surface area contributed by atoms with Gasteiger partial charge < -0.3 is 19.5 Å². The van der Waals surface area contributed by atoms with Crippen LogP contribution in [0.4, 0.5) is 4.79 Å². The number of hydrogen-bond donors (Lipinski definition) is 1. The molecule has 3 rings (SSSR count). The van der Waals surface area contributed by atoms with Crippen LogP contribution in [0.25, 0.3) is 10.8 Å². The number of nitrogens with one attached hydrogen (secondary N) is 1. The summed E-state index contributed by atoms with van der Waals surface area (Å²) in [6, 6.07) is 8.84. The summed E-state index contributed by atoms with van der Waals surface area (Å²) in [6.07, 6.45) is -0.372. The molecule has 2 amide bonds. The number of pyridine rings is 1. The Bertz CT molecular complexity index is 890. The van der Waals surface area contributed by atoms with E-state index >= 15 is 0 Å². The highest BCUT2D eigenvalue weighted by Crippen LogP contribution is 2.15. The summed E-state index contributed by atoms with van der Waals surface area (Å²) in [5.74, 6) is -0.239. The van der Waals surface area contributed by atoms with Crippen molar-refractivity contribution in [2.24, 2.45) is 0 Å². The smallest absolute Gasteiger partial charge is 0.410 e. The van der Waals surface area contributed by atoms with Crippen LogP contribution >= 0.6 is 0 Å². The van der Waals surface area contributed by atoms with Crippen molar-refractivity contribution < 1.29 is 14.3 Å². The molecule has 1 fully saturated rings. The number of carbonyl (C=O) groups is 2. The molecule has 7 nitrogen and oxygen atoms in total. The molecule has 138 valence electrons. The number of nitrogens with zero attached hydrogens (tertiary/aromatic N) is 2. The topological polar surface area (TPSA) is 82.7 Å². The van der Waals surface area contributed by atoms with E-state index in [1.165, 1.54) is 0 Å². The van der Waals surface area contributed by atoms with Gasteiger partial charge in [-0.2, -0.15) is 0 Å². The molecular weight excluding hydrogens is 334 g/mol. The maximum absolute atomic E-state index is 12.7. The lowest BCUT2D eigenvalue weighted by atomic mass is 10.1. The standard InChI is InChI=1S/C19H23N3O4/c1-19(2,3)26-18(25)22-10-8-21(9-11-22)17(24)15-12-13-6-4-5-7-14(13)16(23)20-15/h4-7,12H,8-11H2,1-3H3,(H,20,23). The van der Waals surface area contributed by atoms with E-state index in [0.29, 0.717) is 31.6 Å². The molecule has 1 aliphatic rings. The molecule has 0 saturated carbocycles. The fourth-order valence-electron chi connectivity index (χ4n) is 2.92. The molecule has 1 aromatic carbocycles. The van der Waals surface area contributed by atoms with Gasteiger partial charge in [0, 0.05) is 31.6 Å². The first-order valence-electron chi connectivity index (χ1n) is 8.64. The zero-order valence-corrected chi connectivity index (χ0v) is 15.2. The Morgan fingerprint density at radius 3 is 2.31 bits per heavy atom. The predicted octanol–water partition coefficient (Wildman–Crippen LogP) is 2.22. The van der Waals surface area contributed by atoms with Crippen LogP contribution in [0.15, 0.2) is 35.1 Å². The second-order valence-electron chi connectivity index (χ2n) is 7.36. The highest BCUT2D eigenvalue weighted by atomic mass is 16.6. The summed E-state index contributed by atoms with van der Waals surface area (Å²) >= 11 is 0. The van der Waals surface area contributed by atoms with Crippen LogP contribution in [0.3, 0.4) is 0 Å². The first kappa shape index (κ1) is 18.0. The zero-order valence-electron chi connectivity index (χ0n) is 15.2. The Kier molecular flexibility index (Phi) is 4.71. The molecule has 2 aromatic rings. The fourth-order valence-corrected chi connectivity index (χ4v) is 2.92. The number of rotatable bonds is 1. The van der Waals surface area contributed by atoms with Crippen molar-refractivity contribution in [1.82, 2.24) is 14.8 Å². The quantitative estimate of drug-likeness (QED) is 0.848. The molecule has 0 radical (unpaired) electrons. The van der Waals surface area contributed by atoms with Gasteiger partial charge in [-0.1, -0.05) is 18.2 Å². The van der Waals surface area contributed by atoms with Crippen LogP contribution < -0.4 is 5.56 Å². The van der Waals surface area contributed by atoms with Gasteiger partial charge in [0.25, 0.3) is 11.5 Å². The number of H-pyrrole nitrogens is 1. The molecular formula is C19H23N3O4. The first-order valence-corrected chi connectivity index (χ1v) is 8.64. The molecule has 0 aliphatic carbocycles. The summed E-state index contributed by atoms with van der Waals surface area (Å²) in [7, 11) is 0. The van der Waals surface area contributed by atoms with E-state index < -0.39 is 5.60 Å². The number of carbonyl (C=O) groups excluding carboxylic acids is 2. The Morgan fingerprint density at radius 2 is 1.65 bits per heavy atom.